The molecule has 0 heterocycles. The van der Waals surface area contributed by atoms with Gasteiger partial charge in [-0.3, -0.25) is 4.79 Å². The van der Waals surface area contributed by atoms with E-state index in [1.54, 1.807) is 13.8 Å². The summed E-state index contributed by atoms with van der Waals surface area (Å²) >= 11 is 0. The second-order valence-corrected chi connectivity index (χ2v) is 5.40. The molecule has 1 aliphatic rings. The average Bonchev–Trinajstić information content (AvgIpc) is 2.84. The molecule has 13 heavy (non-hydrogen) atoms. The number of rotatable bonds is 5. The molecule has 1 N–H and O–H groups in total. The Morgan fingerprint density at radius 2 is 2.08 bits per heavy atom. The Bertz CT molecular complexity index is 293. The minimum absolute atomic E-state index is 0.0655. The lowest BCUT2D eigenvalue weighted by Crippen LogP contribution is -2.39. The molecule has 1 rings (SSSR count). The van der Waals surface area contributed by atoms with Crippen molar-refractivity contribution in [1.82, 2.24) is 4.72 Å². The maximum Gasteiger partial charge on any atom is 0.215 e. The van der Waals surface area contributed by atoms with Gasteiger partial charge in [0.1, 0.15) is 5.78 Å². The van der Waals surface area contributed by atoms with E-state index in [0.29, 0.717) is 6.42 Å². The number of carbonyl (C=O) groups excluding carboxylic acids is 1. The monoisotopic (exact) mass is 205 g/mol. The van der Waals surface area contributed by atoms with Crippen LogP contribution in [0.2, 0.25) is 0 Å². The zero-order valence-electron chi connectivity index (χ0n) is 7.91. The van der Waals surface area contributed by atoms with Crippen molar-refractivity contribution >= 4 is 15.8 Å². The molecule has 0 saturated heterocycles. The molecule has 0 bridgehead atoms. The molecule has 0 spiro atoms. The molecule has 5 heteroatoms. The molecule has 0 aromatic heterocycles. The van der Waals surface area contributed by atoms with Crippen molar-refractivity contribution < 1.29 is 13.2 Å². The summed E-state index contributed by atoms with van der Waals surface area (Å²) in [4.78, 5) is 11.1. The first-order chi connectivity index (χ1) is 5.97. The van der Waals surface area contributed by atoms with Crippen LogP contribution in [0.3, 0.4) is 0 Å². The Hall–Kier alpha value is -0.420. The van der Waals surface area contributed by atoms with E-state index in [-0.39, 0.29) is 11.0 Å². The Morgan fingerprint density at radius 3 is 2.46 bits per heavy atom. The van der Waals surface area contributed by atoms with Gasteiger partial charge in [0.15, 0.2) is 0 Å². The lowest BCUT2D eigenvalue weighted by Gasteiger charge is -2.11. The first-order valence-electron chi connectivity index (χ1n) is 4.51. The predicted molar refractivity (Wildman–Crippen MR) is 49.8 cm³/mol. The Kier molecular flexibility index (Phi) is 3.08. The highest BCUT2D eigenvalue weighted by Crippen LogP contribution is 2.27. The smallest absolute Gasteiger partial charge is 0.215 e. The summed E-state index contributed by atoms with van der Waals surface area (Å²) < 4.78 is 25.1. The van der Waals surface area contributed by atoms with Crippen LogP contribution in [0, 0.1) is 0 Å². The number of hydrogen-bond donors (Lipinski definition) is 1. The highest BCUT2D eigenvalue weighted by atomic mass is 32.2. The molecular weight excluding hydrogens is 190 g/mol. The van der Waals surface area contributed by atoms with Crippen LogP contribution in [-0.4, -0.2) is 25.5 Å². The van der Waals surface area contributed by atoms with E-state index < -0.39 is 16.1 Å². The van der Waals surface area contributed by atoms with E-state index in [1.807, 2.05) is 0 Å². The van der Waals surface area contributed by atoms with Crippen LogP contribution < -0.4 is 4.72 Å². The zero-order chi connectivity index (χ0) is 10.1. The third-order valence-electron chi connectivity index (χ3n) is 2.14. The van der Waals surface area contributed by atoms with Crippen molar-refractivity contribution in [3.8, 4) is 0 Å². The van der Waals surface area contributed by atoms with Gasteiger partial charge in [0.2, 0.25) is 10.0 Å². The molecule has 1 fully saturated rings. The summed E-state index contributed by atoms with van der Waals surface area (Å²) in [6, 6.07) is -0.574. The summed E-state index contributed by atoms with van der Waals surface area (Å²) in [5, 5.41) is -0.250. The molecule has 1 unspecified atom stereocenters. The van der Waals surface area contributed by atoms with E-state index in [2.05, 4.69) is 4.72 Å². The van der Waals surface area contributed by atoms with Crippen LogP contribution >= 0.6 is 0 Å². The summed E-state index contributed by atoms with van der Waals surface area (Å²) in [5.74, 6) is -0.0655. The van der Waals surface area contributed by atoms with Crippen LogP contribution in [0.5, 0.6) is 0 Å². The molecule has 0 aromatic carbocycles. The summed E-state index contributed by atoms with van der Waals surface area (Å²) in [5.41, 5.74) is 0. The molecule has 0 radical (unpaired) electrons. The van der Waals surface area contributed by atoms with Gasteiger partial charge in [0, 0.05) is 6.42 Å². The van der Waals surface area contributed by atoms with Gasteiger partial charge in [-0.2, -0.15) is 0 Å². The fourth-order valence-corrected chi connectivity index (χ4v) is 2.67. The fraction of sp³-hybridized carbons (Fsp3) is 0.875. The fourth-order valence-electron chi connectivity index (χ4n) is 1.09. The van der Waals surface area contributed by atoms with E-state index >= 15 is 0 Å². The largest absolute Gasteiger partial charge is 0.298 e. The van der Waals surface area contributed by atoms with Crippen LogP contribution in [0.15, 0.2) is 0 Å². The predicted octanol–water partition coefficient (Wildman–Crippen LogP) is 0.436. The molecule has 1 aliphatic carbocycles. The lowest BCUT2D eigenvalue weighted by atomic mass is 10.2. The van der Waals surface area contributed by atoms with Crippen LogP contribution in [0.1, 0.15) is 33.1 Å². The van der Waals surface area contributed by atoms with Gasteiger partial charge in [0.25, 0.3) is 0 Å². The molecule has 4 nitrogen and oxygen atoms in total. The van der Waals surface area contributed by atoms with Crippen molar-refractivity contribution in [2.75, 3.05) is 0 Å². The number of carbonyl (C=O) groups is 1. The first kappa shape index (κ1) is 10.7. The molecule has 76 valence electrons. The van der Waals surface area contributed by atoms with Crippen molar-refractivity contribution in [2.24, 2.45) is 0 Å². The second-order valence-electron chi connectivity index (χ2n) is 3.40. The summed E-state index contributed by atoms with van der Waals surface area (Å²) in [6.45, 7) is 3.32. The molecule has 0 aromatic rings. The summed E-state index contributed by atoms with van der Waals surface area (Å²) in [6.07, 6.45) is 1.82. The van der Waals surface area contributed by atoms with E-state index in [4.69, 9.17) is 0 Å². The lowest BCUT2D eigenvalue weighted by molar-refractivity contribution is -0.119. The van der Waals surface area contributed by atoms with Gasteiger partial charge in [-0.1, -0.05) is 6.92 Å². The van der Waals surface area contributed by atoms with Crippen LogP contribution in [-0.2, 0) is 14.8 Å². The Balaban J connectivity index is 2.52. The average molecular weight is 205 g/mol. The standard InChI is InChI=1S/C8H15NO3S/c1-3-8(10)6(2)9-13(11,12)7-4-5-7/h6-7,9H,3-5H2,1-2H3. The van der Waals surface area contributed by atoms with Crippen LogP contribution in [0.25, 0.3) is 0 Å². The number of Topliss-reactive ketones (excluding diaryl/α,β-unsaturated/α-hetero) is 1. The van der Waals surface area contributed by atoms with Crippen molar-refractivity contribution in [3.05, 3.63) is 0 Å². The van der Waals surface area contributed by atoms with Gasteiger partial charge in [-0.15, -0.1) is 0 Å². The molecule has 1 atom stereocenters. The minimum atomic E-state index is -3.21. The van der Waals surface area contributed by atoms with Gasteiger partial charge < -0.3 is 0 Å². The number of sulfonamides is 1. The van der Waals surface area contributed by atoms with Gasteiger partial charge >= 0.3 is 0 Å². The number of nitrogens with one attached hydrogen (secondary N) is 1. The number of ketones is 1. The van der Waals surface area contributed by atoms with Crippen molar-refractivity contribution in [3.63, 3.8) is 0 Å². The topological polar surface area (TPSA) is 63.2 Å². The van der Waals surface area contributed by atoms with Crippen molar-refractivity contribution in [2.45, 2.75) is 44.4 Å². The number of hydrogen-bond acceptors (Lipinski definition) is 3. The third-order valence-corrected chi connectivity index (χ3v) is 4.17. The SMILES string of the molecule is CCC(=O)C(C)NS(=O)(=O)C1CC1. The molecule has 0 aliphatic heterocycles. The second kappa shape index (κ2) is 3.75. The van der Waals surface area contributed by atoms with Crippen LogP contribution in [0.4, 0.5) is 0 Å². The quantitative estimate of drug-likeness (QED) is 0.708. The Labute approximate surface area is 78.8 Å². The zero-order valence-corrected chi connectivity index (χ0v) is 8.73. The van der Waals surface area contributed by atoms with Gasteiger partial charge in [0.05, 0.1) is 11.3 Å². The summed E-state index contributed by atoms with van der Waals surface area (Å²) in [7, 11) is -3.21. The molecule has 1 saturated carbocycles. The maximum absolute atomic E-state index is 11.4. The van der Waals surface area contributed by atoms with E-state index in [9.17, 15) is 13.2 Å². The highest BCUT2D eigenvalue weighted by Gasteiger charge is 2.36. The van der Waals surface area contributed by atoms with Gasteiger partial charge in [-0.05, 0) is 19.8 Å². The maximum atomic E-state index is 11.4. The van der Waals surface area contributed by atoms with Crippen molar-refractivity contribution in [1.29, 1.82) is 0 Å². The normalized spacial score (nSPS) is 19.8. The van der Waals surface area contributed by atoms with Gasteiger partial charge in [-0.25, -0.2) is 13.1 Å². The van der Waals surface area contributed by atoms with E-state index in [1.165, 1.54) is 0 Å². The third kappa shape index (κ3) is 2.77. The Morgan fingerprint density at radius 1 is 1.54 bits per heavy atom. The highest BCUT2D eigenvalue weighted by molar-refractivity contribution is 7.90. The van der Waals surface area contributed by atoms with E-state index in [0.717, 1.165) is 12.8 Å². The molecule has 0 amide bonds. The minimum Gasteiger partial charge on any atom is -0.298 e. The first-order valence-corrected chi connectivity index (χ1v) is 6.06. The molecular formula is C8H15NO3S.